The predicted octanol–water partition coefficient (Wildman–Crippen LogP) is 3.39. The second-order valence-electron chi connectivity index (χ2n) is 2.81. The van der Waals surface area contributed by atoms with E-state index in [4.69, 9.17) is 0 Å². The van der Waals surface area contributed by atoms with Gasteiger partial charge in [0.05, 0.1) is 6.54 Å². The smallest absolute Gasteiger partial charge is 0.186 e. The molecule has 0 spiro atoms. The summed E-state index contributed by atoms with van der Waals surface area (Å²) in [6, 6.07) is 0. The molecule has 13 heavy (non-hydrogen) atoms. The average molecular weight is 324 g/mol. The molecular formula is C8H8Br2N2S. The van der Waals surface area contributed by atoms with Gasteiger partial charge in [0.15, 0.2) is 5.13 Å². The van der Waals surface area contributed by atoms with E-state index in [0.29, 0.717) is 0 Å². The normalized spacial score (nSPS) is 17.4. The molecule has 5 heteroatoms. The van der Waals surface area contributed by atoms with E-state index in [0.717, 1.165) is 29.2 Å². The Bertz CT molecular complexity index is 335. The van der Waals surface area contributed by atoms with Crippen LogP contribution >= 0.6 is 43.2 Å². The Kier molecular flexibility index (Phi) is 3.06. The van der Waals surface area contributed by atoms with Crippen LogP contribution in [0.25, 0.3) is 0 Å². The summed E-state index contributed by atoms with van der Waals surface area (Å²) < 4.78 is 2.18. The third-order valence-electron chi connectivity index (χ3n) is 1.84. The van der Waals surface area contributed by atoms with Crippen LogP contribution < -0.4 is 4.90 Å². The van der Waals surface area contributed by atoms with Crippen molar-refractivity contribution in [2.24, 2.45) is 0 Å². The Morgan fingerprint density at radius 2 is 2.31 bits per heavy atom. The van der Waals surface area contributed by atoms with Gasteiger partial charge in [-0.05, 0) is 22.4 Å². The highest BCUT2D eigenvalue weighted by atomic mass is 79.9. The zero-order valence-corrected chi connectivity index (χ0v) is 10.8. The van der Waals surface area contributed by atoms with E-state index in [1.54, 1.807) is 11.3 Å². The fourth-order valence-corrected chi connectivity index (χ4v) is 3.07. The van der Waals surface area contributed by atoms with Crippen molar-refractivity contribution in [3.8, 4) is 0 Å². The van der Waals surface area contributed by atoms with Crippen LogP contribution in [0.3, 0.4) is 0 Å². The molecule has 0 unspecified atom stereocenters. The maximum atomic E-state index is 4.38. The van der Waals surface area contributed by atoms with E-state index < -0.39 is 0 Å². The van der Waals surface area contributed by atoms with Gasteiger partial charge in [-0.2, -0.15) is 0 Å². The van der Waals surface area contributed by atoms with Crippen LogP contribution in [0.5, 0.6) is 0 Å². The first-order valence-corrected chi connectivity index (χ1v) is 6.43. The molecule has 0 N–H and O–H groups in total. The van der Waals surface area contributed by atoms with Gasteiger partial charge in [-0.25, -0.2) is 4.98 Å². The summed E-state index contributed by atoms with van der Waals surface area (Å²) in [5.41, 5.74) is 0. The largest absolute Gasteiger partial charge is 0.343 e. The highest BCUT2D eigenvalue weighted by molar-refractivity contribution is 9.11. The number of anilines is 1. The van der Waals surface area contributed by atoms with Crippen LogP contribution in [0.4, 0.5) is 5.13 Å². The second kappa shape index (κ2) is 4.11. The van der Waals surface area contributed by atoms with Crippen molar-refractivity contribution in [3.63, 3.8) is 0 Å². The Morgan fingerprint density at radius 3 is 2.92 bits per heavy atom. The van der Waals surface area contributed by atoms with Gasteiger partial charge >= 0.3 is 0 Å². The zero-order chi connectivity index (χ0) is 9.26. The Balaban J connectivity index is 2.14. The third kappa shape index (κ3) is 2.33. The van der Waals surface area contributed by atoms with Crippen molar-refractivity contribution in [2.75, 3.05) is 18.0 Å². The number of thiazole rings is 1. The molecule has 0 radical (unpaired) electrons. The molecule has 2 heterocycles. The summed E-state index contributed by atoms with van der Waals surface area (Å²) in [6.07, 6.45) is 3.32. The molecule has 0 fully saturated rings. The van der Waals surface area contributed by atoms with Crippen molar-refractivity contribution in [1.29, 1.82) is 0 Å². The van der Waals surface area contributed by atoms with Crippen molar-refractivity contribution < 1.29 is 0 Å². The zero-order valence-electron chi connectivity index (χ0n) is 6.83. The molecule has 0 aliphatic carbocycles. The number of rotatable bonds is 1. The van der Waals surface area contributed by atoms with Gasteiger partial charge in [0, 0.05) is 16.4 Å². The van der Waals surface area contributed by atoms with Crippen LogP contribution in [0.15, 0.2) is 20.5 Å². The molecule has 1 aromatic heterocycles. The van der Waals surface area contributed by atoms with Gasteiger partial charge in [-0.1, -0.05) is 22.0 Å². The molecule has 0 saturated heterocycles. The van der Waals surface area contributed by atoms with Crippen LogP contribution in [0.1, 0.15) is 6.42 Å². The van der Waals surface area contributed by atoms with Crippen molar-refractivity contribution in [2.45, 2.75) is 6.42 Å². The van der Waals surface area contributed by atoms with E-state index in [-0.39, 0.29) is 0 Å². The number of hydrogen-bond donors (Lipinski definition) is 0. The second-order valence-corrected chi connectivity index (χ2v) is 5.48. The lowest BCUT2D eigenvalue weighted by Gasteiger charge is -2.24. The van der Waals surface area contributed by atoms with Crippen LogP contribution in [-0.4, -0.2) is 18.1 Å². The highest BCUT2D eigenvalue weighted by Gasteiger charge is 2.14. The molecular weight excluding hydrogens is 316 g/mol. The maximum Gasteiger partial charge on any atom is 0.186 e. The van der Waals surface area contributed by atoms with Gasteiger partial charge in [-0.15, -0.1) is 11.3 Å². The van der Waals surface area contributed by atoms with Gasteiger partial charge in [0.1, 0.15) is 4.60 Å². The van der Waals surface area contributed by atoms with E-state index in [1.807, 2.05) is 5.38 Å². The first-order chi connectivity index (χ1) is 6.25. The molecule has 0 saturated carbocycles. The summed E-state index contributed by atoms with van der Waals surface area (Å²) in [7, 11) is 0. The van der Waals surface area contributed by atoms with Crippen molar-refractivity contribution in [1.82, 2.24) is 4.98 Å². The molecule has 1 aliphatic heterocycles. The maximum absolute atomic E-state index is 4.38. The minimum Gasteiger partial charge on any atom is -0.343 e. The number of aromatic nitrogens is 1. The summed E-state index contributed by atoms with van der Waals surface area (Å²) in [4.78, 5) is 6.66. The summed E-state index contributed by atoms with van der Waals surface area (Å²) in [5.74, 6) is 0. The number of nitrogens with zero attached hydrogens (tertiary/aromatic N) is 2. The monoisotopic (exact) mass is 322 g/mol. The summed E-state index contributed by atoms with van der Waals surface area (Å²) >= 11 is 8.56. The van der Waals surface area contributed by atoms with Gasteiger partial charge in [0.2, 0.25) is 0 Å². The van der Waals surface area contributed by atoms with Crippen LogP contribution in [0, 0.1) is 0 Å². The molecule has 0 atom stereocenters. The molecule has 1 aliphatic rings. The topological polar surface area (TPSA) is 16.1 Å². The first-order valence-electron chi connectivity index (χ1n) is 3.96. The lowest BCUT2D eigenvalue weighted by molar-refractivity contribution is 0.811. The summed E-state index contributed by atoms with van der Waals surface area (Å²) in [5, 5.41) is 3.11. The van der Waals surface area contributed by atoms with Crippen LogP contribution in [-0.2, 0) is 0 Å². The first kappa shape index (κ1) is 9.68. The quantitative estimate of drug-likeness (QED) is 0.787. The van der Waals surface area contributed by atoms with Crippen molar-refractivity contribution >= 4 is 48.3 Å². The van der Waals surface area contributed by atoms with Gasteiger partial charge < -0.3 is 4.90 Å². The summed E-state index contributed by atoms with van der Waals surface area (Å²) in [6.45, 7) is 2.01. The Labute approximate surface area is 97.9 Å². The molecule has 70 valence electrons. The Morgan fingerprint density at radius 1 is 1.46 bits per heavy atom. The minimum atomic E-state index is 0.929. The lowest BCUT2D eigenvalue weighted by Crippen LogP contribution is -2.28. The van der Waals surface area contributed by atoms with Crippen molar-refractivity contribution in [3.05, 3.63) is 20.5 Å². The highest BCUT2D eigenvalue weighted by Crippen LogP contribution is 2.27. The average Bonchev–Trinajstić information content (AvgIpc) is 2.52. The minimum absolute atomic E-state index is 0.929. The fraction of sp³-hybridized carbons (Fsp3) is 0.375. The SMILES string of the molecule is BrC1=CCCN(c2nc(Br)cs2)C1. The molecule has 0 aromatic carbocycles. The predicted molar refractivity (Wildman–Crippen MR) is 63.7 cm³/mol. The number of halogens is 2. The fourth-order valence-electron chi connectivity index (χ4n) is 1.26. The molecule has 0 amide bonds. The molecule has 2 rings (SSSR count). The van der Waals surface area contributed by atoms with E-state index in [1.165, 1.54) is 4.48 Å². The molecule has 2 nitrogen and oxygen atoms in total. The van der Waals surface area contributed by atoms with E-state index in [2.05, 4.69) is 47.8 Å². The lowest BCUT2D eigenvalue weighted by atomic mass is 10.3. The third-order valence-corrected chi connectivity index (χ3v) is 4.03. The van der Waals surface area contributed by atoms with Crippen LogP contribution in [0.2, 0.25) is 0 Å². The van der Waals surface area contributed by atoms with Gasteiger partial charge in [0.25, 0.3) is 0 Å². The standard InChI is InChI=1S/C8H8Br2N2S/c9-6-2-1-3-12(4-6)8-11-7(10)5-13-8/h2,5H,1,3-4H2. The number of hydrogen-bond acceptors (Lipinski definition) is 3. The van der Waals surface area contributed by atoms with E-state index in [9.17, 15) is 0 Å². The molecule has 1 aromatic rings. The molecule has 0 bridgehead atoms. The Hall–Kier alpha value is 0.130. The van der Waals surface area contributed by atoms with Gasteiger partial charge in [-0.3, -0.25) is 0 Å². The van der Waals surface area contributed by atoms with E-state index >= 15 is 0 Å².